The molecule has 6 heteroatoms. The van der Waals surface area contributed by atoms with Crippen molar-refractivity contribution in [1.82, 2.24) is 4.98 Å². The van der Waals surface area contributed by atoms with E-state index in [1.807, 2.05) is 55.5 Å². The Labute approximate surface area is 161 Å². The average molecular weight is 377 g/mol. The standard InChI is InChI=1S/C21H19N3O2S/c1-14-11-16-9-5-6-10-18(16)24(14)20(26)17-13-27-21(22-17)23-19(25)12-15-7-3-2-4-8-15/h2-10,13-14H,11-12H2,1H3,(H,22,23,25). The number of fused-ring (bicyclic) bond motifs is 1. The number of thiazole rings is 1. The van der Waals surface area contributed by atoms with Crippen LogP contribution in [0.4, 0.5) is 10.8 Å². The maximum absolute atomic E-state index is 13.0. The first-order valence-corrected chi connectivity index (χ1v) is 9.70. The molecular weight excluding hydrogens is 358 g/mol. The van der Waals surface area contributed by atoms with Gasteiger partial charge < -0.3 is 10.2 Å². The monoisotopic (exact) mass is 377 g/mol. The Morgan fingerprint density at radius 1 is 1.15 bits per heavy atom. The molecule has 1 aliphatic heterocycles. The number of para-hydroxylation sites is 1. The van der Waals surface area contributed by atoms with Crippen molar-refractivity contribution in [3.63, 3.8) is 0 Å². The van der Waals surface area contributed by atoms with Gasteiger partial charge in [0.1, 0.15) is 5.69 Å². The zero-order valence-electron chi connectivity index (χ0n) is 14.9. The predicted molar refractivity (Wildman–Crippen MR) is 107 cm³/mol. The summed E-state index contributed by atoms with van der Waals surface area (Å²) in [6, 6.07) is 17.6. The Balaban J connectivity index is 1.46. The smallest absolute Gasteiger partial charge is 0.278 e. The fourth-order valence-electron chi connectivity index (χ4n) is 3.37. The molecule has 1 atom stereocenters. The van der Waals surface area contributed by atoms with E-state index < -0.39 is 0 Å². The second-order valence-electron chi connectivity index (χ2n) is 6.61. The van der Waals surface area contributed by atoms with E-state index in [1.54, 1.807) is 10.3 Å². The molecule has 1 unspecified atom stereocenters. The van der Waals surface area contributed by atoms with Gasteiger partial charge in [-0.3, -0.25) is 9.59 Å². The highest BCUT2D eigenvalue weighted by Crippen LogP contribution is 2.33. The Hall–Kier alpha value is -2.99. The third kappa shape index (κ3) is 3.61. The van der Waals surface area contributed by atoms with Crippen molar-refractivity contribution >= 4 is 34.0 Å². The summed E-state index contributed by atoms with van der Waals surface area (Å²) >= 11 is 1.27. The van der Waals surface area contributed by atoms with Crippen molar-refractivity contribution in [1.29, 1.82) is 0 Å². The Kier molecular flexibility index (Phi) is 4.73. The van der Waals surface area contributed by atoms with Crippen LogP contribution in [0.5, 0.6) is 0 Å². The number of nitrogens with zero attached hydrogens (tertiary/aromatic N) is 2. The van der Waals surface area contributed by atoms with Crippen LogP contribution in [0.2, 0.25) is 0 Å². The minimum absolute atomic E-state index is 0.0905. The van der Waals surface area contributed by atoms with Crippen LogP contribution in [-0.4, -0.2) is 22.8 Å². The molecule has 2 heterocycles. The number of benzene rings is 2. The van der Waals surface area contributed by atoms with Gasteiger partial charge in [-0.1, -0.05) is 48.5 Å². The van der Waals surface area contributed by atoms with Gasteiger partial charge in [0.15, 0.2) is 5.13 Å². The summed E-state index contributed by atoms with van der Waals surface area (Å²) in [5.74, 6) is -0.276. The molecule has 0 saturated heterocycles. The number of hydrogen-bond donors (Lipinski definition) is 1. The van der Waals surface area contributed by atoms with Gasteiger partial charge in [-0.2, -0.15) is 0 Å². The molecule has 1 aromatic heterocycles. The van der Waals surface area contributed by atoms with E-state index in [0.717, 1.165) is 17.7 Å². The van der Waals surface area contributed by atoms with Crippen LogP contribution in [-0.2, 0) is 17.6 Å². The molecule has 2 amide bonds. The number of carbonyl (C=O) groups is 2. The van der Waals surface area contributed by atoms with Gasteiger partial charge in [0, 0.05) is 17.1 Å². The molecule has 5 nitrogen and oxygen atoms in total. The van der Waals surface area contributed by atoms with Gasteiger partial charge in [-0.05, 0) is 30.5 Å². The fourth-order valence-corrected chi connectivity index (χ4v) is 4.07. The van der Waals surface area contributed by atoms with Crippen molar-refractivity contribution in [2.24, 2.45) is 0 Å². The lowest BCUT2D eigenvalue weighted by atomic mass is 10.1. The highest BCUT2D eigenvalue weighted by Gasteiger charge is 2.32. The molecule has 0 aliphatic carbocycles. The van der Waals surface area contributed by atoms with Crippen LogP contribution in [0.3, 0.4) is 0 Å². The molecule has 4 rings (SSSR count). The molecule has 0 radical (unpaired) electrons. The lowest BCUT2D eigenvalue weighted by molar-refractivity contribution is -0.115. The number of carbonyl (C=O) groups excluding carboxylic acids is 2. The largest absolute Gasteiger partial charge is 0.304 e. The zero-order valence-corrected chi connectivity index (χ0v) is 15.7. The first kappa shape index (κ1) is 17.4. The maximum Gasteiger partial charge on any atom is 0.278 e. The van der Waals surface area contributed by atoms with E-state index in [0.29, 0.717) is 10.8 Å². The summed E-state index contributed by atoms with van der Waals surface area (Å²) in [6.07, 6.45) is 1.12. The molecule has 136 valence electrons. The predicted octanol–water partition coefficient (Wildman–Crippen LogP) is 3.92. The number of aromatic nitrogens is 1. The molecule has 1 N–H and O–H groups in total. The molecule has 0 bridgehead atoms. The normalized spacial score (nSPS) is 15.4. The molecule has 0 saturated carbocycles. The van der Waals surface area contributed by atoms with Crippen molar-refractivity contribution in [3.8, 4) is 0 Å². The van der Waals surface area contributed by atoms with Crippen LogP contribution in [0, 0.1) is 0 Å². The van der Waals surface area contributed by atoms with Crippen molar-refractivity contribution in [2.45, 2.75) is 25.8 Å². The minimum Gasteiger partial charge on any atom is -0.304 e. The quantitative estimate of drug-likeness (QED) is 0.750. The third-order valence-electron chi connectivity index (χ3n) is 4.60. The van der Waals surface area contributed by atoms with E-state index >= 15 is 0 Å². The average Bonchev–Trinajstić information content (AvgIpc) is 3.25. The number of rotatable bonds is 4. The minimum atomic E-state index is -0.144. The highest BCUT2D eigenvalue weighted by atomic mass is 32.1. The van der Waals surface area contributed by atoms with E-state index in [1.165, 1.54) is 16.9 Å². The van der Waals surface area contributed by atoms with Crippen molar-refractivity contribution in [2.75, 3.05) is 10.2 Å². The second-order valence-corrected chi connectivity index (χ2v) is 7.46. The van der Waals surface area contributed by atoms with Gasteiger partial charge in [-0.15, -0.1) is 11.3 Å². The van der Waals surface area contributed by atoms with Crippen molar-refractivity contribution in [3.05, 3.63) is 76.8 Å². The lowest BCUT2D eigenvalue weighted by Gasteiger charge is -2.21. The van der Waals surface area contributed by atoms with Crippen LogP contribution >= 0.6 is 11.3 Å². The Bertz CT molecular complexity index is 984. The third-order valence-corrected chi connectivity index (χ3v) is 5.36. The zero-order chi connectivity index (χ0) is 18.8. The number of nitrogens with one attached hydrogen (secondary N) is 1. The topological polar surface area (TPSA) is 62.3 Å². The first-order valence-electron chi connectivity index (χ1n) is 8.82. The SMILES string of the molecule is CC1Cc2ccccc2N1C(=O)c1csc(NC(=O)Cc2ccccc2)n1. The van der Waals surface area contributed by atoms with Crippen LogP contribution < -0.4 is 10.2 Å². The maximum atomic E-state index is 13.0. The Morgan fingerprint density at radius 3 is 2.70 bits per heavy atom. The first-order chi connectivity index (χ1) is 13.1. The molecule has 0 spiro atoms. The van der Waals surface area contributed by atoms with E-state index in [9.17, 15) is 9.59 Å². The molecule has 0 fully saturated rings. The summed E-state index contributed by atoms with van der Waals surface area (Å²) < 4.78 is 0. The number of amides is 2. The molecule has 2 aromatic carbocycles. The molecule has 27 heavy (non-hydrogen) atoms. The molecule has 1 aliphatic rings. The molecular formula is C21H19N3O2S. The van der Waals surface area contributed by atoms with Gasteiger partial charge in [0.25, 0.3) is 5.91 Å². The van der Waals surface area contributed by atoms with Gasteiger partial charge in [-0.25, -0.2) is 4.98 Å². The molecule has 3 aromatic rings. The summed E-state index contributed by atoms with van der Waals surface area (Å²) in [5.41, 5.74) is 3.41. The van der Waals surface area contributed by atoms with Gasteiger partial charge >= 0.3 is 0 Å². The summed E-state index contributed by atoms with van der Waals surface area (Å²) in [6.45, 7) is 2.03. The number of anilines is 2. The Morgan fingerprint density at radius 2 is 1.89 bits per heavy atom. The van der Waals surface area contributed by atoms with E-state index in [4.69, 9.17) is 0 Å². The number of hydrogen-bond acceptors (Lipinski definition) is 4. The summed E-state index contributed by atoms with van der Waals surface area (Å²) in [7, 11) is 0. The van der Waals surface area contributed by atoms with Crippen LogP contribution in [0.1, 0.15) is 28.5 Å². The fraction of sp³-hybridized carbons (Fsp3) is 0.190. The summed E-state index contributed by atoms with van der Waals surface area (Å²) in [5, 5.41) is 4.93. The van der Waals surface area contributed by atoms with Crippen molar-refractivity contribution < 1.29 is 9.59 Å². The van der Waals surface area contributed by atoms with Crippen LogP contribution in [0.25, 0.3) is 0 Å². The second kappa shape index (κ2) is 7.32. The summed E-state index contributed by atoms with van der Waals surface area (Å²) in [4.78, 5) is 31.3. The van der Waals surface area contributed by atoms with E-state index in [2.05, 4.69) is 16.4 Å². The highest BCUT2D eigenvalue weighted by molar-refractivity contribution is 7.14. The van der Waals surface area contributed by atoms with Gasteiger partial charge in [0.2, 0.25) is 5.91 Å². The van der Waals surface area contributed by atoms with E-state index in [-0.39, 0.29) is 24.3 Å². The van der Waals surface area contributed by atoms with Gasteiger partial charge in [0.05, 0.1) is 6.42 Å². The van der Waals surface area contributed by atoms with Crippen LogP contribution in [0.15, 0.2) is 60.0 Å². The lowest BCUT2D eigenvalue weighted by Crippen LogP contribution is -2.35.